The first-order chi connectivity index (χ1) is 10.9. The van der Waals surface area contributed by atoms with Gasteiger partial charge in [0.15, 0.2) is 0 Å². The largest absolute Gasteiger partial charge is 0.329 e. The summed E-state index contributed by atoms with van der Waals surface area (Å²) in [4.78, 5) is 25.5. The van der Waals surface area contributed by atoms with Gasteiger partial charge in [-0.1, -0.05) is 51.8 Å². The number of anilines is 1. The number of benzene rings is 2. The molecule has 0 saturated heterocycles. The Bertz CT molecular complexity index is 698. The van der Waals surface area contributed by atoms with Crippen LogP contribution in [0.1, 0.15) is 18.1 Å². The number of rotatable bonds is 5. The molecule has 120 valence electrons. The SMILES string of the molecule is CC(=O)N(CC(=O)Nc1cccc(Br)c1)Cc1ccc(C)cc1. The summed E-state index contributed by atoms with van der Waals surface area (Å²) in [6.45, 7) is 3.93. The summed E-state index contributed by atoms with van der Waals surface area (Å²) >= 11 is 3.36. The first kappa shape index (κ1) is 17.2. The van der Waals surface area contributed by atoms with E-state index < -0.39 is 0 Å². The Morgan fingerprint density at radius 3 is 2.43 bits per heavy atom. The standard InChI is InChI=1S/C18H19BrN2O2/c1-13-6-8-15(9-7-13)11-21(14(2)22)12-18(23)20-17-5-3-4-16(19)10-17/h3-10H,11-12H2,1-2H3,(H,20,23). The average Bonchev–Trinajstić information content (AvgIpc) is 2.48. The van der Waals surface area contributed by atoms with Gasteiger partial charge in [-0.05, 0) is 30.7 Å². The number of aryl methyl sites for hydroxylation is 1. The molecule has 23 heavy (non-hydrogen) atoms. The monoisotopic (exact) mass is 374 g/mol. The molecule has 2 aromatic rings. The summed E-state index contributed by atoms with van der Waals surface area (Å²) in [5, 5.41) is 2.80. The number of hydrogen-bond donors (Lipinski definition) is 1. The smallest absolute Gasteiger partial charge is 0.244 e. The minimum absolute atomic E-state index is 0.0235. The van der Waals surface area contributed by atoms with Gasteiger partial charge in [-0.2, -0.15) is 0 Å². The van der Waals surface area contributed by atoms with Gasteiger partial charge in [0, 0.05) is 23.6 Å². The van der Waals surface area contributed by atoms with Crippen molar-refractivity contribution in [2.45, 2.75) is 20.4 Å². The van der Waals surface area contributed by atoms with Gasteiger partial charge in [-0.25, -0.2) is 0 Å². The molecule has 0 bridgehead atoms. The normalized spacial score (nSPS) is 10.2. The van der Waals surface area contributed by atoms with Gasteiger partial charge < -0.3 is 10.2 Å². The Morgan fingerprint density at radius 1 is 1.13 bits per heavy atom. The Balaban J connectivity index is 1.99. The fourth-order valence-electron chi connectivity index (χ4n) is 2.13. The second-order valence-corrected chi connectivity index (χ2v) is 6.33. The first-order valence-electron chi connectivity index (χ1n) is 7.30. The predicted octanol–water partition coefficient (Wildman–Crippen LogP) is 3.74. The highest BCUT2D eigenvalue weighted by molar-refractivity contribution is 9.10. The van der Waals surface area contributed by atoms with Crippen LogP contribution in [-0.2, 0) is 16.1 Å². The van der Waals surface area contributed by atoms with Crippen LogP contribution in [0, 0.1) is 6.92 Å². The number of nitrogens with one attached hydrogen (secondary N) is 1. The highest BCUT2D eigenvalue weighted by atomic mass is 79.9. The van der Waals surface area contributed by atoms with Gasteiger partial charge in [-0.15, -0.1) is 0 Å². The fraction of sp³-hybridized carbons (Fsp3) is 0.222. The van der Waals surface area contributed by atoms with Crippen molar-refractivity contribution in [2.75, 3.05) is 11.9 Å². The lowest BCUT2D eigenvalue weighted by atomic mass is 10.1. The Kier molecular flexibility index (Phi) is 5.93. The molecule has 4 nitrogen and oxygen atoms in total. The van der Waals surface area contributed by atoms with Crippen LogP contribution in [0.25, 0.3) is 0 Å². The molecule has 0 aliphatic carbocycles. The van der Waals surface area contributed by atoms with Gasteiger partial charge in [0.05, 0.1) is 0 Å². The van der Waals surface area contributed by atoms with Crippen molar-refractivity contribution in [3.8, 4) is 0 Å². The molecule has 0 aliphatic rings. The number of carbonyl (C=O) groups is 2. The van der Waals surface area contributed by atoms with Crippen molar-refractivity contribution >= 4 is 33.4 Å². The number of nitrogens with zero attached hydrogens (tertiary/aromatic N) is 1. The minimum atomic E-state index is -0.217. The van der Waals surface area contributed by atoms with Crippen LogP contribution in [0.15, 0.2) is 53.0 Å². The molecule has 0 saturated carbocycles. The molecule has 0 fully saturated rings. The molecule has 2 amide bonds. The summed E-state index contributed by atoms with van der Waals surface area (Å²) in [5.41, 5.74) is 2.86. The third-order valence-corrected chi connectivity index (χ3v) is 3.88. The number of halogens is 1. The summed E-state index contributed by atoms with van der Waals surface area (Å²) in [6.07, 6.45) is 0. The van der Waals surface area contributed by atoms with E-state index in [1.165, 1.54) is 11.8 Å². The average molecular weight is 375 g/mol. The first-order valence-corrected chi connectivity index (χ1v) is 8.10. The van der Waals surface area contributed by atoms with E-state index in [0.717, 1.165) is 15.6 Å². The van der Waals surface area contributed by atoms with E-state index in [0.29, 0.717) is 12.2 Å². The van der Waals surface area contributed by atoms with Crippen LogP contribution in [0.5, 0.6) is 0 Å². The molecule has 0 aromatic heterocycles. The number of hydrogen-bond acceptors (Lipinski definition) is 2. The van der Waals surface area contributed by atoms with Gasteiger partial charge in [0.2, 0.25) is 11.8 Å². The molecule has 2 rings (SSSR count). The van der Waals surface area contributed by atoms with Crippen LogP contribution in [0.3, 0.4) is 0 Å². The summed E-state index contributed by atoms with van der Waals surface area (Å²) in [6, 6.07) is 15.3. The number of carbonyl (C=O) groups excluding carboxylic acids is 2. The zero-order valence-electron chi connectivity index (χ0n) is 13.2. The van der Waals surface area contributed by atoms with Crippen LogP contribution in [-0.4, -0.2) is 23.3 Å². The lowest BCUT2D eigenvalue weighted by Crippen LogP contribution is -2.36. The molecular weight excluding hydrogens is 356 g/mol. The van der Waals surface area contributed by atoms with Gasteiger partial charge in [-0.3, -0.25) is 9.59 Å². The molecular formula is C18H19BrN2O2. The molecule has 0 aliphatic heterocycles. The molecule has 0 spiro atoms. The molecule has 0 unspecified atom stereocenters. The molecule has 0 heterocycles. The third kappa shape index (κ3) is 5.53. The fourth-order valence-corrected chi connectivity index (χ4v) is 2.53. The second kappa shape index (κ2) is 7.92. The van der Waals surface area contributed by atoms with E-state index in [9.17, 15) is 9.59 Å². The van der Waals surface area contributed by atoms with Crippen molar-refractivity contribution in [3.05, 3.63) is 64.1 Å². The predicted molar refractivity (Wildman–Crippen MR) is 95.0 cm³/mol. The van der Waals surface area contributed by atoms with E-state index in [1.807, 2.05) is 49.4 Å². The second-order valence-electron chi connectivity index (χ2n) is 5.42. The lowest BCUT2D eigenvalue weighted by molar-refractivity contribution is -0.133. The van der Waals surface area contributed by atoms with Crippen molar-refractivity contribution in [1.82, 2.24) is 4.90 Å². The molecule has 0 radical (unpaired) electrons. The van der Waals surface area contributed by atoms with Crippen molar-refractivity contribution in [3.63, 3.8) is 0 Å². The minimum Gasteiger partial charge on any atom is -0.329 e. The molecule has 0 atom stereocenters. The topological polar surface area (TPSA) is 49.4 Å². The Hall–Kier alpha value is -2.14. The van der Waals surface area contributed by atoms with Crippen molar-refractivity contribution < 1.29 is 9.59 Å². The number of amides is 2. The van der Waals surface area contributed by atoms with Gasteiger partial charge in [0.1, 0.15) is 6.54 Å². The zero-order chi connectivity index (χ0) is 16.8. The summed E-state index contributed by atoms with van der Waals surface area (Å²) in [5.74, 6) is -0.347. The lowest BCUT2D eigenvalue weighted by Gasteiger charge is -2.20. The van der Waals surface area contributed by atoms with E-state index in [1.54, 1.807) is 6.07 Å². The van der Waals surface area contributed by atoms with Crippen LogP contribution in [0.2, 0.25) is 0 Å². The van der Waals surface area contributed by atoms with Crippen LogP contribution >= 0.6 is 15.9 Å². The van der Waals surface area contributed by atoms with E-state index >= 15 is 0 Å². The van der Waals surface area contributed by atoms with Gasteiger partial charge >= 0.3 is 0 Å². The zero-order valence-corrected chi connectivity index (χ0v) is 14.8. The summed E-state index contributed by atoms with van der Waals surface area (Å²) < 4.78 is 0.887. The maximum Gasteiger partial charge on any atom is 0.244 e. The van der Waals surface area contributed by atoms with E-state index in [4.69, 9.17) is 0 Å². The Labute approximate surface area is 144 Å². The maximum absolute atomic E-state index is 12.2. The quantitative estimate of drug-likeness (QED) is 0.866. The van der Waals surface area contributed by atoms with Crippen molar-refractivity contribution in [2.24, 2.45) is 0 Å². The third-order valence-electron chi connectivity index (χ3n) is 3.38. The molecule has 5 heteroatoms. The highest BCUT2D eigenvalue weighted by Crippen LogP contribution is 2.15. The highest BCUT2D eigenvalue weighted by Gasteiger charge is 2.14. The summed E-state index contributed by atoms with van der Waals surface area (Å²) in [7, 11) is 0. The van der Waals surface area contributed by atoms with Gasteiger partial charge in [0.25, 0.3) is 0 Å². The molecule has 2 aromatic carbocycles. The Morgan fingerprint density at radius 2 is 1.83 bits per heavy atom. The van der Waals surface area contributed by atoms with E-state index in [-0.39, 0.29) is 18.4 Å². The molecule has 1 N–H and O–H groups in total. The van der Waals surface area contributed by atoms with Crippen LogP contribution < -0.4 is 5.32 Å². The van der Waals surface area contributed by atoms with Crippen molar-refractivity contribution in [1.29, 1.82) is 0 Å². The van der Waals surface area contributed by atoms with Crippen LogP contribution in [0.4, 0.5) is 5.69 Å². The maximum atomic E-state index is 12.2. The van der Waals surface area contributed by atoms with E-state index in [2.05, 4.69) is 21.2 Å².